The summed E-state index contributed by atoms with van der Waals surface area (Å²) in [4.78, 5) is 0. The summed E-state index contributed by atoms with van der Waals surface area (Å²) in [7, 11) is 0. The van der Waals surface area contributed by atoms with Gasteiger partial charge < -0.3 is 14.6 Å². The molecule has 122 valence electrons. The number of aryl methyl sites for hydroxylation is 1. The van der Waals surface area contributed by atoms with Gasteiger partial charge in [0.25, 0.3) is 0 Å². The SMILES string of the molecule is Cc1cc(O)c(COC2CCCCO2)c(C)c1-c1ccccc1. The first-order valence-electron chi connectivity index (χ1n) is 8.27. The molecule has 0 saturated carbocycles. The van der Waals surface area contributed by atoms with Crippen molar-refractivity contribution in [3.8, 4) is 16.9 Å². The molecule has 1 N–H and O–H groups in total. The Morgan fingerprint density at radius 2 is 1.96 bits per heavy atom. The highest BCUT2D eigenvalue weighted by molar-refractivity contribution is 5.73. The molecule has 2 aromatic carbocycles. The monoisotopic (exact) mass is 312 g/mol. The molecule has 1 fully saturated rings. The van der Waals surface area contributed by atoms with Gasteiger partial charge in [-0.15, -0.1) is 0 Å². The van der Waals surface area contributed by atoms with Gasteiger partial charge in [0, 0.05) is 12.2 Å². The molecule has 1 atom stereocenters. The highest BCUT2D eigenvalue weighted by Gasteiger charge is 2.18. The van der Waals surface area contributed by atoms with Crippen molar-refractivity contribution < 1.29 is 14.6 Å². The van der Waals surface area contributed by atoms with Crippen molar-refractivity contribution in [3.63, 3.8) is 0 Å². The maximum atomic E-state index is 10.4. The average molecular weight is 312 g/mol. The fourth-order valence-electron chi connectivity index (χ4n) is 3.25. The van der Waals surface area contributed by atoms with Crippen LogP contribution >= 0.6 is 0 Å². The summed E-state index contributed by atoms with van der Waals surface area (Å²) in [6.07, 6.45) is 3.02. The highest BCUT2D eigenvalue weighted by Crippen LogP contribution is 2.35. The van der Waals surface area contributed by atoms with E-state index in [0.717, 1.165) is 48.1 Å². The summed E-state index contributed by atoms with van der Waals surface area (Å²) in [6, 6.07) is 12.1. The highest BCUT2D eigenvalue weighted by atomic mass is 16.7. The fraction of sp³-hybridized carbons (Fsp3) is 0.400. The average Bonchev–Trinajstić information content (AvgIpc) is 2.56. The summed E-state index contributed by atoms with van der Waals surface area (Å²) >= 11 is 0. The van der Waals surface area contributed by atoms with E-state index in [-0.39, 0.29) is 6.29 Å². The summed E-state index contributed by atoms with van der Waals surface area (Å²) in [5.41, 5.74) is 5.33. The van der Waals surface area contributed by atoms with Crippen LogP contribution in [0.25, 0.3) is 11.1 Å². The minimum Gasteiger partial charge on any atom is -0.508 e. The van der Waals surface area contributed by atoms with Gasteiger partial charge in [-0.1, -0.05) is 30.3 Å². The standard InChI is InChI=1S/C20H24O3/c1-14-12-18(21)17(13-23-19-10-6-7-11-22-19)15(2)20(14)16-8-4-3-5-9-16/h3-5,8-9,12,19,21H,6-7,10-11,13H2,1-2H3. The molecule has 0 aliphatic carbocycles. The topological polar surface area (TPSA) is 38.7 Å². The number of benzene rings is 2. The van der Waals surface area contributed by atoms with E-state index < -0.39 is 0 Å². The Morgan fingerprint density at radius 3 is 2.65 bits per heavy atom. The lowest BCUT2D eigenvalue weighted by Crippen LogP contribution is -2.22. The van der Waals surface area contributed by atoms with E-state index in [9.17, 15) is 5.11 Å². The second-order valence-electron chi connectivity index (χ2n) is 6.16. The van der Waals surface area contributed by atoms with Crippen LogP contribution in [-0.4, -0.2) is 18.0 Å². The van der Waals surface area contributed by atoms with Crippen molar-refractivity contribution in [2.24, 2.45) is 0 Å². The second-order valence-corrected chi connectivity index (χ2v) is 6.16. The first-order chi connectivity index (χ1) is 11.2. The minimum atomic E-state index is -0.149. The third kappa shape index (κ3) is 3.57. The fourth-order valence-corrected chi connectivity index (χ4v) is 3.25. The van der Waals surface area contributed by atoms with Crippen LogP contribution in [0.3, 0.4) is 0 Å². The third-order valence-electron chi connectivity index (χ3n) is 4.50. The Labute approximate surface area is 137 Å². The molecule has 1 heterocycles. The summed E-state index contributed by atoms with van der Waals surface area (Å²) in [6.45, 7) is 5.22. The summed E-state index contributed by atoms with van der Waals surface area (Å²) in [5, 5.41) is 10.4. The van der Waals surface area contributed by atoms with Gasteiger partial charge in [0.2, 0.25) is 0 Å². The number of aromatic hydroxyl groups is 1. The Hall–Kier alpha value is -1.84. The van der Waals surface area contributed by atoms with Crippen LogP contribution in [0.15, 0.2) is 36.4 Å². The van der Waals surface area contributed by atoms with Crippen LogP contribution in [-0.2, 0) is 16.1 Å². The van der Waals surface area contributed by atoms with Crippen molar-refractivity contribution in [2.75, 3.05) is 6.61 Å². The van der Waals surface area contributed by atoms with Crippen molar-refractivity contribution in [3.05, 3.63) is 53.1 Å². The number of ether oxygens (including phenoxy) is 2. The second kappa shape index (κ2) is 7.16. The molecular weight excluding hydrogens is 288 g/mol. The van der Waals surface area contributed by atoms with E-state index in [1.165, 1.54) is 5.56 Å². The molecule has 0 spiro atoms. The van der Waals surface area contributed by atoms with Gasteiger partial charge in [-0.05, 0) is 61.4 Å². The smallest absolute Gasteiger partial charge is 0.158 e. The van der Waals surface area contributed by atoms with Gasteiger partial charge in [-0.2, -0.15) is 0 Å². The van der Waals surface area contributed by atoms with Crippen LogP contribution in [0, 0.1) is 13.8 Å². The number of hydrogen-bond acceptors (Lipinski definition) is 3. The molecule has 3 rings (SSSR count). The first kappa shape index (κ1) is 16.0. The molecule has 0 radical (unpaired) electrons. The van der Waals surface area contributed by atoms with E-state index in [4.69, 9.17) is 9.47 Å². The van der Waals surface area contributed by atoms with Crippen molar-refractivity contribution in [1.29, 1.82) is 0 Å². The Kier molecular flexibility index (Phi) is 4.99. The van der Waals surface area contributed by atoms with Crippen molar-refractivity contribution in [2.45, 2.75) is 46.0 Å². The molecular formula is C20H24O3. The molecule has 1 saturated heterocycles. The molecule has 0 aromatic heterocycles. The van der Waals surface area contributed by atoms with E-state index in [0.29, 0.717) is 12.4 Å². The molecule has 1 aliphatic rings. The zero-order valence-corrected chi connectivity index (χ0v) is 13.8. The number of phenolic OH excluding ortho intramolecular Hbond substituents is 1. The predicted octanol–water partition coefficient (Wildman–Crippen LogP) is 4.72. The lowest BCUT2D eigenvalue weighted by atomic mass is 9.92. The lowest BCUT2D eigenvalue weighted by Gasteiger charge is -2.24. The van der Waals surface area contributed by atoms with Crippen LogP contribution in [0.1, 0.15) is 36.0 Å². The lowest BCUT2D eigenvalue weighted by molar-refractivity contribution is -0.169. The molecule has 2 aromatic rings. The summed E-state index contributed by atoms with van der Waals surface area (Å²) < 4.78 is 11.5. The minimum absolute atomic E-state index is 0.149. The van der Waals surface area contributed by atoms with E-state index in [1.54, 1.807) is 0 Å². The molecule has 0 bridgehead atoms. The third-order valence-corrected chi connectivity index (χ3v) is 4.50. The van der Waals surface area contributed by atoms with Gasteiger partial charge in [0.15, 0.2) is 6.29 Å². The van der Waals surface area contributed by atoms with E-state index >= 15 is 0 Å². The Bertz CT molecular complexity index is 658. The van der Waals surface area contributed by atoms with Crippen LogP contribution < -0.4 is 0 Å². The van der Waals surface area contributed by atoms with Gasteiger partial charge in [-0.25, -0.2) is 0 Å². The predicted molar refractivity (Wildman–Crippen MR) is 91.4 cm³/mol. The zero-order valence-electron chi connectivity index (χ0n) is 13.8. The quantitative estimate of drug-likeness (QED) is 0.888. The maximum Gasteiger partial charge on any atom is 0.158 e. The van der Waals surface area contributed by atoms with Gasteiger partial charge in [0.1, 0.15) is 5.75 Å². The van der Waals surface area contributed by atoms with Crippen LogP contribution in [0.4, 0.5) is 0 Å². The zero-order chi connectivity index (χ0) is 16.2. The summed E-state index contributed by atoms with van der Waals surface area (Å²) in [5.74, 6) is 0.301. The molecule has 0 amide bonds. The van der Waals surface area contributed by atoms with E-state index in [2.05, 4.69) is 19.1 Å². The normalized spacial score (nSPS) is 18.1. The van der Waals surface area contributed by atoms with Crippen molar-refractivity contribution >= 4 is 0 Å². The number of phenols is 1. The van der Waals surface area contributed by atoms with Crippen LogP contribution in [0.5, 0.6) is 5.75 Å². The number of rotatable bonds is 4. The van der Waals surface area contributed by atoms with E-state index in [1.807, 2.05) is 31.2 Å². The molecule has 1 aliphatic heterocycles. The van der Waals surface area contributed by atoms with Crippen LogP contribution in [0.2, 0.25) is 0 Å². The largest absolute Gasteiger partial charge is 0.508 e. The van der Waals surface area contributed by atoms with Gasteiger partial charge in [-0.3, -0.25) is 0 Å². The first-order valence-corrected chi connectivity index (χ1v) is 8.27. The molecule has 1 unspecified atom stereocenters. The molecule has 3 nitrogen and oxygen atoms in total. The molecule has 23 heavy (non-hydrogen) atoms. The molecule has 3 heteroatoms. The number of hydrogen-bond donors (Lipinski definition) is 1. The Morgan fingerprint density at radius 1 is 1.17 bits per heavy atom. The Balaban J connectivity index is 1.88. The van der Waals surface area contributed by atoms with Gasteiger partial charge >= 0.3 is 0 Å². The maximum absolute atomic E-state index is 10.4. The van der Waals surface area contributed by atoms with Crippen molar-refractivity contribution in [1.82, 2.24) is 0 Å². The van der Waals surface area contributed by atoms with Gasteiger partial charge in [0.05, 0.1) is 6.61 Å².